The van der Waals surface area contributed by atoms with Crippen molar-refractivity contribution in [3.8, 4) is 0 Å². The number of aromatic nitrogens is 2. The summed E-state index contributed by atoms with van der Waals surface area (Å²) in [4.78, 5) is 22.4. The second kappa shape index (κ2) is 12.0. The van der Waals surface area contributed by atoms with E-state index >= 15 is 0 Å². The Labute approximate surface area is 235 Å². The fourth-order valence-electron chi connectivity index (χ4n) is 5.25. The van der Waals surface area contributed by atoms with Crippen LogP contribution in [0, 0.1) is 0 Å². The number of carbonyl (C=O) groups is 1. The van der Waals surface area contributed by atoms with Crippen molar-refractivity contribution in [2.45, 2.75) is 76.0 Å². The van der Waals surface area contributed by atoms with Crippen LogP contribution >= 0.6 is 11.6 Å². The molecule has 7 nitrogen and oxygen atoms in total. The molecule has 2 aromatic heterocycles. The summed E-state index contributed by atoms with van der Waals surface area (Å²) < 4.78 is 0. The molecule has 3 aromatic rings. The van der Waals surface area contributed by atoms with Crippen molar-refractivity contribution in [3.63, 3.8) is 0 Å². The van der Waals surface area contributed by atoms with Gasteiger partial charge in [0.25, 0.3) is 5.91 Å². The maximum atomic E-state index is 13.4. The van der Waals surface area contributed by atoms with Gasteiger partial charge >= 0.3 is 0 Å². The van der Waals surface area contributed by atoms with Gasteiger partial charge in [0.2, 0.25) is 0 Å². The van der Waals surface area contributed by atoms with Crippen LogP contribution in [0.3, 0.4) is 0 Å². The molecule has 1 aliphatic heterocycles. The normalized spacial score (nSPS) is 19.8. The first-order valence-corrected chi connectivity index (χ1v) is 14.4. The van der Waals surface area contributed by atoms with E-state index in [9.17, 15) is 9.90 Å². The molecule has 1 aromatic carbocycles. The van der Waals surface area contributed by atoms with Crippen molar-refractivity contribution in [2.75, 3.05) is 18.4 Å². The largest absolute Gasteiger partial charge is 0.390 e. The Morgan fingerprint density at radius 1 is 1.13 bits per heavy atom. The van der Waals surface area contributed by atoms with E-state index in [0.29, 0.717) is 30.3 Å². The third-order valence-corrected chi connectivity index (χ3v) is 8.02. The van der Waals surface area contributed by atoms with Crippen molar-refractivity contribution in [3.05, 3.63) is 87.8 Å². The van der Waals surface area contributed by atoms with E-state index in [2.05, 4.69) is 76.2 Å². The van der Waals surface area contributed by atoms with Crippen LogP contribution in [0.5, 0.6) is 0 Å². The zero-order chi connectivity index (χ0) is 27.4. The molecule has 0 saturated heterocycles. The van der Waals surface area contributed by atoms with Crippen LogP contribution in [0.25, 0.3) is 0 Å². The van der Waals surface area contributed by atoms with Gasteiger partial charge in [-0.3, -0.25) is 9.78 Å². The summed E-state index contributed by atoms with van der Waals surface area (Å²) >= 11 is 6.25. The van der Waals surface area contributed by atoms with Gasteiger partial charge < -0.3 is 21.1 Å². The molecule has 1 fully saturated rings. The van der Waals surface area contributed by atoms with Crippen LogP contribution in [0.1, 0.15) is 78.2 Å². The van der Waals surface area contributed by atoms with E-state index in [0.717, 1.165) is 49.9 Å². The summed E-state index contributed by atoms with van der Waals surface area (Å²) in [6.07, 6.45) is 6.50. The highest BCUT2D eigenvalue weighted by Crippen LogP contribution is 2.45. The molecule has 206 valence electrons. The number of anilines is 1. The van der Waals surface area contributed by atoms with Crippen molar-refractivity contribution in [2.24, 2.45) is 0 Å². The van der Waals surface area contributed by atoms with Gasteiger partial charge in [0.05, 0.1) is 23.4 Å². The number of hydrogen-bond donors (Lipinski definition) is 4. The lowest BCUT2D eigenvalue weighted by atomic mass is 9.97. The summed E-state index contributed by atoms with van der Waals surface area (Å²) in [5, 5.41) is 21.7. The zero-order valence-corrected chi connectivity index (χ0v) is 23.5. The average Bonchev–Trinajstić information content (AvgIpc) is 3.72. The Morgan fingerprint density at radius 3 is 2.74 bits per heavy atom. The van der Waals surface area contributed by atoms with Crippen LogP contribution < -0.4 is 16.0 Å². The molecule has 8 heteroatoms. The van der Waals surface area contributed by atoms with E-state index in [1.54, 1.807) is 12.1 Å². The second-order valence-corrected chi connectivity index (χ2v) is 11.6. The molecule has 2 aliphatic rings. The molecule has 4 bridgehead atoms. The van der Waals surface area contributed by atoms with Crippen LogP contribution in [-0.2, 0) is 18.4 Å². The maximum absolute atomic E-state index is 13.4. The number of nitrogens with one attached hydrogen (secondary N) is 3. The summed E-state index contributed by atoms with van der Waals surface area (Å²) in [6, 6.07) is 15.5. The average molecular weight is 548 g/mol. The minimum atomic E-state index is -0.811. The summed E-state index contributed by atoms with van der Waals surface area (Å²) in [5.74, 6) is 0.712. The number of halogens is 1. The number of hydrogen-bond acceptors (Lipinski definition) is 6. The zero-order valence-electron chi connectivity index (χ0n) is 22.7. The first-order chi connectivity index (χ1) is 18.8. The quantitative estimate of drug-likeness (QED) is 0.325. The minimum Gasteiger partial charge on any atom is -0.390 e. The maximum Gasteiger partial charge on any atom is 0.251 e. The van der Waals surface area contributed by atoms with Crippen molar-refractivity contribution < 1.29 is 9.90 Å². The van der Waals surface area contributed by atoms with E-state index in [-0.39, 0.29) is 16.6 Å². The van der Waals surface area contributed by atoms with E-state index in [1.165, 1.54) is 11.1 Å². The highest BCUT2D eigenvalue weighted by atomic mass is 35.5. The Morgan fingerprint density at radius 2 is 1.95 bits per heavy atom. The van der Waals surface area contributed by atoms with E-state index in [4.69, 9.17) is 11.6 Å². The number of nitrogens with zero attached hydrogens (tertiary/aromatic N) is 2. The van der Waals surface area contributed by atoms with Gasteiger partial charge in [-0.1, -0.05) is 49.7 Å². The van der Waals surface area contributed by atoms with Crippen molar-refractivity contribution in [1.82, 2.24) is 20.6 Å². The first kappa shape index (κ1) is 27.6. The van der Waals surface area contributed by atoms with E-state index < -0.39 is 12.1 Å². The fraction of sp³-hybridized carbons (Fsp3) is 0.452. The molecule has 1 amide bonds. The number of amides is 1. The number of aryl methyl sites for hydroxylation is 1. The SMILES string of the molecule is CC(C)c1ccnc(C2(NC[C@@H](O)[C@@H]3Cc4cccc(c4)CCCCNc4cc(cc(Cl)n4)C(=O)N3)CC2)c1. The van der Waals surface area contributed by atoms with Gasteiger partial charge in [0, 0.05) is 24.8 Å². The van der Waals surface area contributed by atoms with Crippen LogP contribution in [0.4, 0.5) is 5.82 Å². The van der Waals surface area contributed by atoms with Crippen LogP contribution in [-0.4, -0.2) is 46.2 Å². The van der Waals surface area contributed by atoms with Crippen molar-refractivity contribution >= 4 is 23.3 Å². The summed E-state index contributed by atoms with van der Waals surface area (Å²) in [6.45, 7) is 5.44. The molecular formula is C31H38ClN5O2. The molecule has 39 heavy (non-hydrogen) atoms. The molecule has 2 atom stereocenters. The first-order valence-electron chi connectivity index (χ1n) is 14.0. The number of fused-ring (bicyclic) bond motifs is 4. The molecular weight excluding hydrogens is 510 g/mol. The Bertz CT molecular complexity index is 1310. The highest BCUT2D eigenvalue weighted by molar-refractivity contribution is 6.29. The molecule has 1 saturated carbocycles. The number of aliphatic hydroxyl groups is 1. The number of carbonyl (C=O) groups excluding carboxylic acids is 1. The monoisotopic (exact) mass is 547 g/mol. The molecule has 0 unspecified atom stereocenters. The third kappa shape index (κ3) is 6.96. The molecule has 3 heterocycles. The molecule has 4 N–H and O–H groups in total. The number of benzene rings is 1. The lowest BCUT2D eigenvalue weighted by molar-refractivity contribution is 0.0821. The fourth-order valence-corrected chi connectivity index (χ4v) is 5.46. The van der Waals surface area contributed by atoms with Crippen molar-refractivity contribution in [1.29, 1.82) is 0 Å². The number of aliphatic hydroxyl groups excluding tert-OH is 1. The minimum absolute atomic E-state index is 0.227. The lowest BCUT2D eigenvalue weighted by Crippen LogP contribution is -2.50. The summed E-state index contributed by atoms with van der Waals surface area (Å²) in [5.41, 5.74) is 4.81. The van der Waals surface area contributed by atoms with Gasteiger partial charge in [-0.15, -0.1) is 0 Å². The molecule has 0 radical (unpaired) electrons. The van der Waals surface area contributed by atoms with E-state index in [1.807, 2.05) is 6.20 Å². The number of rotatable bonds is 6. The molecule has 1 aliphatic carbocycles. The standard InChI is InChI=1S/C31H38ClN5O2/c1-20(2)23-9-13-33-27(16-23)31(10-11-31)35-19-26(38)25-15-22-8-5-7-21(14-22)6-3-4-12-34-29-18-24(30(39)36-25)17-28(32)37-29/h5,7-9,13-14,16-18,20,25-26,35,38H,3-4,6,10-12,15,19H2,1-2H3,(H,34,37)(H,36,39)/t25-,26+/m0/s1. The summed E-state index contributed by atoms with van der Waals surface area (Å²) in [7, 11) is 0. The number of pyridine rings is 2. The van der Waals surface area contributed by atoms with Gasteiger partial charge in [-0.2, -0.15) is 0 Å². The smallest absolute Gasteiger partial charge is 0.251 e. The third-order valence-electron chi connectivity index (χ3n) is 7.82. The Kier molecular flexibility index (Phi) is 8.50. The Balaban J connectivity index is 1.37. The van der Waals surface area contributed by atoms with Gasteiger partial charge in [0.1, 0.15) is 11.0 Å². The van der Waals surface area contributed by atoms with Gasteiger partial charge in [0.15, 0.2) is 0 Å². The van der Waals surface area contributed by atoms with Gasteiger partial charge in [-0.25, -0.2) is 4.98 Å². The topological polar surface area (TPSA) is 99.2 Å². The second-order valence-electron chi connectivity index (χ2n) is 11.2. The van der Waals surface area contributed by atoms with Crippen LogP contribution in [0.2, 0.25) is 5.15 Å². The predicted octanol–water partition coefficient (Wildman–Crippen LogP) is 4.98. The molecule has 0 spiro atoms. The predicted molar refractivity (Wildman–Crippen MR) is 155 cm³/mol. The lowest BCUT2D eigenvalue weighted by Gasteiger charge is -2.27. The van der Waals surface area contributed by atoms with Crippen LogP contribution in [0.15, 0.2) is 54.7 Å². The highest BCUT2D eigenvalue weighted by Gasteiger charge is 2.46. The van der Waals surface area contributed by atoms with Gasteiger partial charge in [-0.05, 0) is 85.4 Å². The molecule has 5 rings (SSSR count). The Hall–Kier alpha value is -3.00.